The van der Waals surface area contributed by atoms with Gasteiger partial charge in [0.15, 0.2) is 23.6 Å². The van der Waals surface area contributed by atoms with Gasteiger partial charge in [-0.1, -0.05) is 23.2 Å². The lowest BCUT2D eigenvalue weighted by Crippen LogP contribution is -2.37. The highest BCUT2D eigenvalue weighted by molar-refractivity contribution is 6.32. The predicted octanol–water partition coefficient (Wildman–Crippen LogP) is 2.60. The summed E-state index contributed by atoms with van der Waals surface area (Å²) in [7, 11) is 1.23. The zero-order valence-electron chi connectivity index (χ0n) is 18.8. The highest BCUT2D eigenvalue weighted by Gasteiger charge is 2.39. The molecule has 0 saturated heterocycles. The molecule has 4 rings (SSSR count). The molecule has 1 aromatic carbocycles. The fraction of sp³-hybridized carbons (Fsp3) is 0.286. The molecule has 2 atom stereocenters. The van der Waals surface area contributed by atoms with Crippen molar-refractivity contribution >= 4 is 23.2 Å². The predicted molar refractivity (Wildman–Crippen MR) is 124 cm³/mol. The summed E-state index contributed by atoms with van der Waals surface area (Å²) in [6.07, 6.45) is -6.51. The van der Waals surface area contributed by atoms with Crippen molar-refractivity contribution in [2.75, 3.05) is 7.11 Å². The van der Waals surface area contributed by atoms with Gasteiger partial charge in [0.1, 0.15) is 12.2 Å². The van der Waals surface area contributed by atoms with Gasteiger partial charge < -0.3 is 14.9 Å². The quantitative estimate of drug-likeness (QED) is 0.315. The van der Waals surface area contributed by atoms with Crippen LogP contribution in [0.3, 0.4) is 0 Å². The SMILES string of the molecule is COC(O)c1nc(Cn2nc(-c3ccc(Cl)cc3)n(C[C@H](O)C(F)(F)F)c2=O)nn1-c1cnccc1Cl. The molecule has 4 aromatic rings. The number of ether oxygens (including phenoxy) is 1. The summed E-state index contributed by atoms with van der Waals surface area (Å²) in [4.78, 5) is 21.3. The molecule has 0 aliphatic rings. The monoisotopic (exact) mass is 559 g/mol. The van der Waals surface area contributed by atoms with Gasteiger partial charge in [-0.2, -0.15) is 13.2 Å². The molecule has 0 amide bonds. The molecule has 0 spiro atoms. The number of pyridine rings is 1. The number of benzene rings is 1. The van der Waals surface area contributed by atoms with Crippen molar-refractivity contribution in [1.29, 1.82) is 0 Å². The number of aliphatic hydroxyl groups excluding tert-OH is 2. The fourth-order valence-corrected chi connectivity index (χ4v) is 3.65. The van der Waals surface area contributed by atoms with E-state index in [1.165, 1.54) is 49.8 Å². The van der Waals surface area contributed by atoms with Crippen molar-refractivity contribution in [3.05, 3.63) is 74.9 Å². The van der Waals surface area contributed by atoms with Crippen LogP contribution < -0.4 is 5.69 Å². The van der Waals surface area contributed by atoms with Crippen LogP contribution in [-0.4, -0.2) is 63.7 Å². The number of hydrogen-bond acceptors (Lipinski definition) is 8. The Balaban J connectivity index is 1.78. The highest BCUT2D eigenvalue weighted by Crippen LogP contribution is 2.25. The lowest BCUT2D eigenvalue weighted by atomic mass is 10.2. The van der Waals surface area contributed by atoms with Gasteiger partial charge in [0, 0.05) is 23.9 Å². The van der Waals surface area contributed by atoms with Gasteiger partial charge in [-0.05, 0) is 30.3 Å². The molecule has 2 N–H and O–H groups in total. The second-order valence-corrected chi connectivity index (χ2v) is 8.50. The number of halogens is 5. The molecule has 37 heavy (non-hydrogen) atoms. The summed E-state index contributed by atoms with van der Waals surface area (Å²) in [6.45, 7) is -1.50. The summed E-state index contributed by atoms with van der Waals surface area (Å²) in [5, 5.41) is 28.9. The Kier molecular flexibility index (Phi) is 7.66. The van der Waals surface area contributed by atoms with Crippen LogP contribution in [-0.2, 0) is 17.8 Å². The van der Waals surface area contributed by atoms with E-state index < -0.39 is 37.3 Å². The maximum atomic E-state index is 13.1. The van der Waals surface area contributed by atoms with Crippen molar-refractivity contribution in [2.24, 2.45) is 0 Å². The highest BCUT2D eigenvalue weighted by atomic mass is 35.5. The van der Waals surface area contributed by atoms with Gasteiger partial charge >= 0.3 is 11.9 Å². The van der Waals surface area contributed by atoms with Crippen molar-refractivity contribution < 1.29 is 28.1 Å². The average Bonchev–Trinajstić information content (AvgIpc) is 3.40. The molecule has 196 valence electrons. The summed E-state index contributed by atoms with van der Waals surface area (Å²) in [5.41, 5.74) is -0.425. The lowest BCUT2D eigenvalue weighted by molar-refractivity contribution is -0.207. The maximum absolute atomic E-state index is 13.1. The third-order valence-corrected chi connectivity index (χ3v) is 5.72. The smallest absolute Gasteiger partial charge is 0.382 e. The number of aliphatic hydroxyl groups is 2. The van der Waals surface area contributed by atoms with Crippen LogP contribution >= 0.6 is 23.2 Å². The summed E-state index contributed by atoms with van der Waals surface area (Å²) < 4.78 is 46.8. The number of aromatic nitrogens is 7. The van der Waals surface area contributed by atoms with Crippen molar-refractivity contribution in [1.82, 2.24) is 34.1 Å². The average molecular weight is 560 g/mol. The van der Waals surface area contributed by atoms with Crippen molar-refractivity contribution in [3.8, 4) is 17.1 Å². The zero-order chi connectivity index (χ0) is 26.9. The number of hydrogen-bond donors (Lipinski definition) is 2. The van der Waals surface area contributed by atoms with Gasteiger partial charge in [0.05, 0.1) is 17.8 Å². The van der Waals surface area contributed by atoms with Crippen LogP contribution in [0.25, 0.3) is 17.1 Å². The van der Waals surface area contributed by atoms with Crippen molar-refractivity contribution in [2.45, 2.75) is 31.7 Å². The Labute approximate surface area is 216 Å². The molecule has 3 aromatic heterocycles. The minimum absolute atomic E-state index is 0.0446. The zero-order valence-corrected chi connectivity index (χ0v) is 20.4. The first-order chi connectivity index (χ1) is 17.5. The molecule has 16 heteroatoms. The molecular formula is C21H18Cl2F3N7O4. The van der Waals surface area contributed by atoms with Crippen LogP contribution in [0.15, 0.2) is 47.5 Å². The third-order valence-electron chi connectivity index (χ3n) is 5.15. The van der Waals surface area contributed by atoms with E-state index in [4.69, 9.17) is 27.9 Å². The molecule has 1 unspecified atom stereocenters. The molecule has 0 aliphatic carbocycles. The van der Waals surface area contributed by atoms with E-state index in [2.05, 4.69) is 20.2 Å². The van der Waals surface area contributed by atoms with Gasteiger partial charge in [0.2, 0.25) is 6.29 Å². The fourth-order valence-electron chi connectivity index (χ4n) is 3.33. The molecule has 0 bridgehead atoms. The Morgan fingerprint density at radius 3 is 2.43 bits per heavy atom. The minimum Gasteiger partial charge on any atom is -0.382 e. The maximum Gasteiger partial charge on any atom is 0.416 e. The first-order valence-electron chi connectivity index (χ1n) is 10.4. The molecule has 0 radical (unpaired) electrons. The van der Waals surface area contributed by atoms with E-state index in [0.29, 0.717) is 9.59 Å². The van der Waals surface area contributed by atoms with E-state index >= 15 is 0 Å². The summed E-state index contributed by atoms with van der Waals surface area (Å²) in [6, 6.07) is 7.37. The summed E-state index contributed by atoms with van der Waals surface area (Å²) in [5.74, 6) is -0.279. The molecule has 0 fully saturated rings. The largest absolute Gasteiger partial charge is 0.416 e. The molecule has 11 nitrogen and oxygen atoms in total. The van der Waals surface area contributed by atoms with Gasteiger partial charge in [-0.15, -0.1) is 10.2 Å². The second kappa shape index (κ2) is 10.6. The first kappa shape index (κ1) is 26.8. The minimum atomic E-state index is -4.96. The van der Waals surface area contributed by atoms with E-state index in [1.807, 2.05) is 0 Å². The molecule has 3 heterocycles. The normalized spacial score (nSPS) is 13.6. The number of nitrogens with zero attached hydrogens (tertiary/aromatic N) is 7. The number of methoxy groups -OCH3 is 1. The Hall–Kier alpha value is -3.30. The Bertz CT molecular complexity index is 1450. The van der Waals surface area contributed by atoms with E-state index in [9.17, 15) is 28.2 Å². The molecule has 0 saturated carbocycles. The van der Waals surface area contributed by atoms with Crippen LogP contribution in [0.5, 0.6) is 0 Å². The van der Waals surface area contributed by atoms with Gasteiger partial charge in [0.25, 0.3) is 0 Å². The number of rotatable bonds is 8. The van der Waals surface area contributed by atoms with Gasteiger partial charge in [-0.3, -0.25) is 9.55 Å². The van der Waals surface area contributed by atoms with Crippen molar-refractivity contribution in [3.63, 3.8) is 0 Å². The molecular weight excluding hydrogens is 542 g/mol. The van der Waals surface area contributed by atoms with Gasteiger partial charge in [-0.25, -0.2) is 19.1 Å². The lowest BCUT2D eigenvalue weighted by Gasteiger charge is -2.15. The van der Waals surface area contributed by atoms with E-state index in [1.54, 1.807) is 0 Å². The third kappa shape index (κ3) is 5.67. The van der Waals surface area contributed by atoms with E-state index in [0.717, 1.165) is 9.36 Å². The van der Waals surface area contributed by atoms with Crippen LogP contribution in [0, 0.1) is 0 Å². The van der Waals surface area contributed by atoms with Crippen LogP contribution in [0.2, 0.25) is 10.0 Å². The number of alkyl halides is 3. The standard InChI is InChI=1S/C21H18Cl2F3N7O4/c1-37-19(35)18-28-16(29-33(18)14-8-27-7-6-13(14)23)10-32-20(36)31(9-15(34)21(24,25)26)17(30-32)11-2-4-12(22)5-3-11/h2-8,15,19,34-35H,9-10H2,1H3/t15-,19?/m0/s1. The summed E-state index contributed by atoms with van der Waals surface area (Å²) >= 11 is 12.1. The van der Waals surface area contributed by atoms with Crippen LogP contribution in [0.1, 0.15) is 17.9 Å². The molecule has 0 aliphatic heterocycles. The van der Waals surface area contributed by atoms with Crippen LogP contribution in [0.4, 0.5) is 13.2 Å². The topological polar surface area (TPSA) is 133 Å². The Morgan fingerprint density at radius 1 is 1.11 bits per heavy atom. The Morgan fingerprint density at radius 2 is 1.81 bits per heavy atom. The first-order valence-corrected chi connectivity index (χ1v) is 11.2. The van der Waals surface area contributed by atoms with E-state index in [-0.39, 0.29) is 33.7 Å². The second-order valence-electron chi connectivity index (χ2n) is 7.65.